The molecule has 0 bridgehead atoms. The molecule has 0 aromatic heterocycles. The Bertz CT molecular complexity index is 796. The smallest absolute Gasteiger partial charge is 0.124 e. The summed E-state index contributed by atoms with van der Waals surface area (Å²) in [7, 11) is 0. The zero-order valence-electron chi connectivity index (χ0n) is 15.2. The van der Waals surface area contributed by atoms with Crippen molar-refractivity contribution in [2.24, 2.45) is 0 Å². The van der Waals surface area contributed by atoms with Crippen LogP contribution in [-0.4, -0.2) is 12.6 Å². The van der Waals surface area contributed by atoms with E-state index >= 15 is 0 Å². The van der Waals surface area contributed by atoms with Crippen molar-refractivity contribution in [1.29, 1.82) is 0 Å². The molecule has 0 saturated heterocycles. The Balaban J connectivity index is 1.64. The highest BCUT2D eigenvalue weighted by Gasteiger charge is 2.10. The third-order valence-corrected chi connectivity index (χ3v) is 4.32. The van der Waals surface area contributed by atoms with Crippen LogP contribution in [0.25, 0.3) is 10.8 Å². The standard InChI is InChI=1S/C23H27NO/c1-18(2)25-23-15-14-20-12-6-7-13-21(20)22(23)17-24-16-8-11-19-9-4-3-5-10-19/h3-7,9-10,12-15,18,24H,8,11,16-17H2,1-2H3. The molecule has 0 aliphatic rings. The zero-order valence-corrected chi connectivity index (χ0v) is 15.2. The van der Waals surface area contributed by atoms with Crippen LogP contribution in [0.3, 0.4) is 0 Å². The number of nitrogens with one attached hydrogen (secondary N) is 1. The fraction of sp³-hybridized carbons (Fsp3) is 0.304. The maximum atomic E-state index is 6.04. The summed E-state index contributed by atoms with van der Waals surface area (Å²) >= 11 is 0. The molecule has 0 radical (unpaired) electrons. The third-order valence-electron chi connectivity index (χ3n) is 4.32. The summed E-state index contributed by atoms with van der Waals surface area (Å²) in [6.07, 6.45) is 2.42. The lowest BCUT2D eigenvalue weighted by molar-refractivity contribution is 0.240. The van der Waals surface area contributed by atoms with Gasteiger partial charge in [0.1, 0.15) is 5.75 Å². The van der Waals surface area contributed by atoms with E-state index in [4.69, 9.17) is 4.74 Å². The molecule has 2 heteroatoms. The second-order valence-electron chi connectivity index (χ2n) is 6.70. The van der Waals surface area contributed by atoms with Crippen LogP contribution in [-0.2, 0) is 13.0 Å². The molecule has 3 rings (SSSR count). The molecule has 2 nitrogen and oxygen atoms in total. The second-order valence-corrected chi connectivity index (χ2v) is 6.70. The molecule has 0 spiro atoms. The monoisotopic (exact) mass is 333 g/mol. The first-order valence-corrected chi connectivity index (χ1v) is 9.16. The van der Waals surface area contributed by atoms with Gasteiger partial charge in [0.15, 0.2) is 0 Å². The van der Waals surface area contributed by atoms with Gasteiger partial charge < -0.3 is 10.1 Å². The van der Waals surface area contributed by atoms with Gasteiger partial charge in [-0.05, 0) is 55.6 Å². The largest absolute Gasteiger partial charge is 0.491 e. The lowest BCUT2D eigenvalue weighted by atomic mass is 10.0. The van der Waals surface area contributed by atoms with E-state index in [1.54, 1.807) is 0 Å². The molecule has 0 unspecified atom stereocenters. The van der Waals surface area contributed by atoms with Crippen molar-refractivity contribution < 1.29 is 4.74 Å². The van der Waals surface area contributed by atoms with Crippen LogP contribution in [0.2, 0.25) is 0 Å². The molecule has 1 N–H and O–H groups in total. The van der Waals surface area contributed by atoms with Gasteiger partial charge in [0.05, 0.1) is 6.10 Å². The van der Waals surface area contributed by atoms with Gasteiger partial charge in [-0.2, -0.15) is 0 Å². The van der Waals surface area contributed by atoms with Crippen molar-refractivity contribution in [2.75, 3.05) is 6.54 Å². The molecular weight excluding hydrogens is 306 g/mol. The van der Waals surface area contributed by atoms with E-state index in [1.807, 2.05) is 0 Å². The average Bonchev–Trinajstić information content (AvgIpc) is 2.63. The number of hydrogen-bond acceptors (Lipinski definition) is 2. The van der Waals surface area contributed by atoms with Crippen LogP contribution in [0.4, 0.5) is 0 Å². The van der Waals surface area contributed by atoms with Gasteiger partial charge in [-0.1, -0.05) is 60.7 Å². The van der Waals surface area contributed by atoms with E-state index in [1.165, 1.54) is 21.9 Å². The van der Waals surface area contributed by atoms with Gasteiger partial charge in [0.25, 0.3) is 0 Å². The highest BCUT2D eigenvalue weighted by molar-refractivity contribution is 5.87. The van der Waals surface area contributed by atoms with E-state index in [2.05, 4.69) is 85.9 Å². The summed E-state index contributed by atoms with van der Waals surface area (Å²) in [5.41, 5.74) is 2.66. The lowest BCUT2D eigenvalue weighted by Gasteiger charge is -2.17. The molecule has 3 aromatic rings. The first kappa shape index (κ1) is 17.5. The Morgan fingerprint density at radius 3 is 2.44 bits per heavy atom. The topological polar surface area (TPSA) is 21.3 Å². The molecule has 0 saturated carbocycles. The number of fused-ring (bicyclic) bond motifs is 1. The fourth-order valence-corrected chi connectivity index (χ4v) is 3.14. The molecule has 0 atom stereocenters. The van der Waals surface area contributed by atoms with E-state index < -0.39 is 0 Å². The Hall–Kier alpha value is -2.32. The molecule has 3 aromatic carbocycles. The molecule has 0 fully saturated rings. The average molecular weight is 333 g/mol. The van der Waals surface area contributed by atoms with E-state index in [0.717, 1.165) is 31.7 Å². The van der Waals surface area contributed by atoms with Gasteiger partial charge in [-0.25, -0.2) is 0 Å². The minimum Gasteiger partial charge on any atom is -0.491 e. The van der Waals surface area contributed by atoms with Crippen LogP contribution in [0.5, 0.6) is 5.75 Å². The van der Waals surface area contributed by atoms with Crippen molar-refractivity contribution >= 4 is 10.8 Å². The second kappa shape index (κ2) is 8.68. The first-order chi connectivity index (χ1) is 12.2. The highest BCUT2D eigenvalue weighted by Crippen LogP contribution is 2.28. The lowest BCUT2D eigenvalue weighted by Crippen LogP contribution is -2.17. The third kappa shape index (κ3) is 4.83. The van der Waals surface area contributed by atoms with Crippen LogP contribution in [0, 0.1) is 0 Å². The minimum atomic E-state index is 0.179. The Kier molecular flexibility index (Phi) is 6.08. The fourth-order valence-electron chi connectivity index (χ4n) is 3.14. The molecule has 25 heavy (non-hydrogen) atoms. The first-order valence-electron chi connectivity index (χ1n) is 9.16. The normalized spacial score (nSPS) is 11.2. The molecule has 0 amide bonds. The molecular formula is C23H27NO. The van der Waals surface area contributed by atoms with Gasteiger partial charge in [0, 0.05) is 12.1 Å². The highest BCUT2D eigenvalue weighted by atomic mass is 16.5. The van der Waals surface area contributed by atoms with Gasteiger partial charge in [0.2, 0.25) is 0 Å². The summed E-state index contributed by atoms with van der Waals surface area (Å²) in [5.74, 6) is 0.990. The molecule has 130 valence electrons. The van der Waals surface area contributed by atoms with E-state index in [9.17, 15) is 0 Å². The van der Waals surface area contributed by atoms with Crippen LogP contribution in [0.15, 0.2) is 66.7 Å². The van der Waals surface area contributed by atoms with Crippen molar-refractivity contribution in [3.8, 4) is 5.75 Å². The Morgan fingerprint density at radius 1 is 0.880 bits per heavy atom. The number of rotatable bonds is 8. The van der Waals surface area contributed by atoms with E-state index in [-0.39, 0.29) is 6.10 Å². The maximum Gasteiger partial charge on any atom is 0.124 e. The van der Waals surface area contributed by atoms with Gasteiger partial charge in [-0.15, -0.1) is 0 Å². The predicted molar refractivity (Wildman–Crippen MR) is 106 cm³/mol. The van der Waals surface area contributed by atoms with E-state index in [0.29, 0.717) is 0 Å². The molecule has 0 aliphatic heterocycles. The quantitative estimate of drug-likeness (QED) is 0.561. The van der Waals surface area contributed by atoms with Gasteiger partial charge >= 0.3 is 0 Å². The van der Waals surface area contributed by atoms with Crippen molar-refractivity contribution in [3.63, 3.8) is 0 Å². The van der Waals surface area contributed by atoms with Crippen molar-refractivity contribution in [1.82, 2.24) is 5.32 Å². The summed E-state index contributed by atoms with van der Waals surface area (Å²) in [6, 6.07) is 23.4. The van der Waals surface area contributed by atoms with Crippen LogP contribution >= 0.6 is 0 Å². The van der Waals surface area contributed by atoms with Crippen LogP contribution in [0.1, 0.15) is 31.4 Å². The summed E-state index contributed by atoms with van der Waals surface area (Å²) in [5, 5.41) is 6.14. The van der Waals surface area contributed by atoms with Crippen molar-refractivity contribution in [2.45, 2.75) is 39.3 Å². The Labute approximate surface area is 150 Å². The SMILES string of the molecule is CC(C)Oc1ccc2ccccc2c1CNCCCc1ccccc1. The maximum absolute atomic E-state index is 6.04. The number of aryl methyl sites for hydroxylation is 1. The summed E-state index contributed by atoms with van der Waals surface area (Å²) < 4.78 is 6.04. The summed E-state index contributed by atoms with van der Waals surface area (Å²) in [4.78, 5) is 0. The number of benzene rings is 3. The molecule has 0 heterocycles. The van der Waals surface area contributed by atoms with Gasteiger partial charge in [-0.3, -0.25) is 0 Å². The minimum absolute atomic E-state index is 0.179. The summed E-state index contributed by atoms with van der Waals surface area (Å²) in [6.45, 7) is 5.98. The zero-order chi connectivity index (χ0) is 17.5. The Morgan fingerprint density at radius 2 is 1.64 bits per heavy atom. The number of hydrogen-bond donors (Lipinski definition) is 1. The van der Waals surface area contributed by atoms with Crippen molar-refractivity contribution in [3.05, 3.63) is 77.9 Å². The number of ether oxygens (including phenoxy) is 1. The predicted octanol–water partition coefficient (Wildman–Crippen LogP) is 5.35. The van der Waals surface area contributed by atoms with Crippen LogP contribution < -0.4 is 10.1 Å². The molecule has 0 aliphatic carbocycles.